The number of rotatable bonds is 3. The number of hydrogen-bond donors (Lipinski definition) is 0. The molecule has 3 nitrogen and oxygen atoms in total. The van der Waals surface area contributed by atoms with Crippen LogP contribution in [0.2, 0.25) is 5.02 Å². The summed E-state index contributed by atoms with van der Waals surface area (Å²) >= 11 is 14.4. The second-order valence-corrected chi connectivity index (χ2v) is 6.45. The third-order valence-electron chi connectivity index (χ3n) is 2.55. The normalized spacial score (nSPS) is 11.1. The van der Waals surface area contributed by atoms with Crippen LogP contribution in [0.1, 0.15) is 5.69 Å². The summed E-state index contributed by atoms with van der Waals surface area (Å²) < 4.78 is 8.68. The highest BCUT2D eigenvalue weighted by Gasteiger charge is 2.15. The van der Waals surface area contributed by atoms with E-state index in [2.05, 4.69) is 36.8 Å². The lowest BCUT2D eigenvalue weighted by molar-refractivity contribution is 0.459. The molecule has 0 fully saturated rings. The van der Waals surface area contributed by atoms with E-state index in [1.807, 2.05) is 22.0 Å². The van der Waals surface area contributed by atoms with Crippen LogP contribution in [-0.4, -0.2) is 9.38 Å². The minimum atomic E-state index is 0.603. The first kappa shape index (κ1) is 13.4. The number of benzene rings is 1. The van der Waals surface area contributed by atoms with Crippen LogP contribution < -0.4 is 4.74 Å². The van der Waals surface area contributed by atoms with Gasteiger partial charge in [-0.1, -0.05) is 27.5 Å². The molecule has 0 aliphatic heterocycles. The van der Waals surface area contributed by atoms with Gasteiger partial charge in [0.2, 0.25) is 5.88 Å². The second kappa shape index (κ2) is 5.44. The number of thiazole rings is 1. The molecule has 0 saturated heterocycles. The zero-order chi connectivity index (χ0) is 13.4. The monoisotopic (exact) mass is 420 g/mol. The summed E-state index contributed by atoms with van der Waals surface area (Å²) in [6, 6.07) is 5.40. The van der Waals surface area contributed by atoms with Crippen LogP contribution in [0.25, 0.3) is 4.96 Å². The van der Waals surface area contributed by atoms with Gasteiger partial charge in [-0.05, 0) is 34.1 Å². The van der Waals surface area contributed by atoms with Crippen molar-refractivity contribution < 1.29 is 4.74 Å². The molecule has 19 heavy (non-hydrogen) atoms. The Bertz CT molecular complexity index is 740. The van der Waals surface area contributed by atoms with Gasteiger partial charge in [0, 0.05) is 21.9 Å². The molecule has 1 aromatic carbocycles. The van der Waals surface area contributed by atoms with Crippen LogP contribution in [0.4, 0.5) is 0 Å². The summed E-state index contributed by atoms with van der Waals surface area (Å²) in [6.07, 6.45) is 1.98. The number of hydrogen-bond acceptors (Lipinski definition) is 3. The molecule has 0 radical (unpaired) electrons. The molecule has 7 heteroatoms. The van der Waals surface area contributed by atoms with Crippen molar-refractivity contribution in [2.45, 2.75) is 5.33 Å². The van der Waals surface area contributed by atoms with Crippen molar-refractivity contribution in [1.82, 2.24) is 9.38 Å². The molecule has 0 N–H and O–H groups in total. The average molecular weight is 423 g/mol. The Kier molecular flexibility index (Phi) is 3.84. The van der Waals surface area contributed by atoms with Gasteiger partial charge >= 0.3 is 0 Å². The zero-order valence-corrected chi connectivity index (χ0v) is 14.2. The second-order valence-electron chi connectivity index (χ2n) is 3.73. The fraction of sp³-hybridized carbons (Fsp3) is 0.0833. The first-order chi connectivity index (χ1) is 9.19. The van der Waals surface area contributed by atoms with E-state index < -0.39 is 0 Å². The number of alkyl halides is 1. The number of imidazole rings is 1. The maximum Gasteiger partial charge on any atom is 0.243 e. The van der Waals surface area contributed by atoms with Crippen LogP contribution in [-0.2, 0) is 5.33 Å². The number of fused-ring (bicyclic) bond motifs is 1. The summed E-state index contributed by atoms with van der Waals surface area (Å²) in [5.41, 5.74) is 0.984. The Morgan fingerprint density at radius 1 is 1.42 bits per heavy atom. The van der Waals surface area contributed by atoms with E-state index in [0.717, 1.165) is 15.1 Å². The van der Waals surface area contributed by atoms with E-state index in [9.17, 15) is 0 Å². The molecule has 2 aromatic heterocycles. The predicted molar refractivity (Wildman–Crippen MR) is 84.9 cm³/mol. The third-order valence-corrected chi connectivity index (χ3v) is 4.69. The average Bonchev–Trinajstić information content (AvgIpc) is 2.92. The minimum Gasteiger partial charge on any atom is -0.436 e. The number of nitrogens with zero attached hydrogens (tertiary/aromatic N) is 2. The van der Waals surface area contributed by atoms with Gasteiger partial charge in [0.15, 0.2) is 4.96 Å². The highest BCUT2D eigenvalue weighted by Crippen LogP contribution is 2.34. The van der Waals surface area contributed by atoms with E-state index in [0.29, 0.717) is 22.0 Å². The van der Waals surface area contributed by atoms with E-state index in [1.165, 1.54) is 0 Å². The van der Waals surface area contributed by atoms with E-state index >= 15 is 0 Å². The Balaban J connectivity index is 2.02. The lowest BCUT2D eigenvalue weighted by atomic mass is 10.3. The Hall–Kier alpha value is -0.560. The lowest BCUT2D eigenvalue weighted by Crippen LogP contribution is -1.91. The fourth-order valence-corrected chi connectivity index (χ4v) is 3.68. The standard InChI is InChI=1S/C12H7Br2ClN2OS/c13-6-9-11(16-12-17(9)3-4-19-12)18-10-2-1-7(15)5-8(10)14/h1-5H,6H2. The Morgan fingerprint density at radius 3 is 3.00 bits per heavy atom. The third kappa shape index (κ3) is 2.54. The predicted octanol–water partition coefficient (Wildman–Crippen LogP) is 5.50. The molecule has 0 spiro atoms. The van der Waals surface area contributed by atoms with Gasteiger partial charge in [0.25, 0.3) is 0 Å². The van der Waals surface area contributed by atoms with E-state index in [1.54, 1.807) is 23.5 Å². The smallest absolute Gasteiger partial charge is 0.243 e. The van der Waals surface area contributed by atoms with Crippen LogP contribution >= 0.6 is 54.8 Å². The summed E-state index contributed by atoms with van der Waals surface area (Å²) in [4.78, 5) is 5.39. The molecule has 3 aromatic rings. The van der Waals surface area contributed by atoms with Crippen LogP contribution in [0.5, 0.6) is 11.6 Å². The van der Waals surface area contributed by atoms with Crippen LogP contribution in [0.3, 0.4) is 0 Å². The molecule has 0 aliphatic rings. The molecule has 0 aliphatic carbocycles. The van der Waals surface area contributed by atoms with Crippen molar-refractivity contribution in [1.29, 1.82) is 0 Å². The van der Waals surface area contributed by atoms with Crippen LogP contribution in [0, 0.1) is 0 Å². The van der Waals surface area contributed by atoms with Crippen molar-refractivity contribution in [3.05, 3.63) is 45.0 Å². The van der Waals surface area contributed by atoms with Crippen molar-refractivity contribution in [2.75, 3.05) is 0 Å². The van der Waals surface area contributed by atoms with E-state index in [-0.39, 0.29) is 0 Å². The summed E-state index contributed by atoms with van der Waals surface area (Å²) in [6.45, 7) is 0. The topological polar surface area (TPSA) is 26.5 Å². The van der Waals surface area contributed by atoms with Gasteiger partial charge in [0.05, 0.1) is 10.2 Å². The summed E-state index contributed by atoms with van der Waals surface area (Å²) in [5.74, 6) is 1.30. The van der Waals surface area contributed by atoms with Gasteiger partial charge in [-0.2, -0.15) is 4.98 Å². The van der Waals surface area contributed by atoms with Gasteiger partial charge in [-0.15, -0.1) is 11.3 Å². The maximum atomic E-state index is 5.91. The molecule has 0 atom stereocenters. The molecule has 2 heterocycles. The number of ether oxygens (including phenoxy) is 1. The first-order valence-electron chi connectivity index (χ1n) is 5.32. The van der Waals surface area contributed by atoms with Crippen LogP contribution in [0.15, 0.2) is 34.2 Å². The summed E-state index contributed by atoms with van der Waals surface area (Å²) in [5, 5.41) is 3.33. The minimum absolute atomic E-state index is 0.603. The van der Waals surface area contributed by atoms with Gasteiger partial charge in [-0.25, -0.2) is 0 Å². The molecular formula is C12H7Br2ClN2OS. The van der Waals surface area contributed by atoms with Crippen molar-refractivity contribution >= 4 is 59.8 Å². The molecule has 0 bridgehead atoms. The maximum absolute atomic E-state index is 5.91. The molecule has 98 valence electrons. The zero-order valence-electron chi connectivity index (χ0n) is 9.44. The highest BCUT2D eigenvalue weighted by molar-refractivity contribution is 9.10. The lowest BCUT2D eigenvalue weighted by Gasteiger charge is -2.06. The number of halogens is 3. The van der Waals surface area contributed by atoms with Crippen molar-refractivity contribution in [2.24, 2.45) is 0 Å². The van der Waals surface area contributed by atoms with E-state index in [4.69, 9.17) is 16.3 Å². The molecule has 0 saturated carbocycles. The first-order valence-corrected chi connectivity index (χ1v) is 8.49. The van der Waals surface area contributed by atoms with Gasteiger partial charge < -0.3 is 4.74 Å². The van der Waals surface area contributed by atoms with Gasteiger partial charge in [0.1, 0.15) is 5.75 Å². The molecule has 0 unspecified atom stereocenters. The Labute approximate surface area is 135 Å². The molecule has 3 rings (SSSR count). The van der Waals surface area contributed by atoms with Crippen molar-refractivity contribution in [3.8, 4) is 11.6 Å². The molecular weight excluding hydrogens is 415 g/mol. The largest absolute Gasteiger partial charge is 0.436 e. The summed E-state index contributed by atoms with van der Waals surface area (Å²) in [7, 11) is 0. The highest BCUT2D eigenvalue weighted by atomic mass is 79.9. The van der Waals surface area contributed by atoms with Gasteiger partial charge in [-0.3, -0.25) is 4.40 Å². The molecule has 0 amide bonds. The van der Waals surface area contributed by atoms with Crippen molar-refractivity contribution in [3.63, 3.8) is 0 Å². The quantitative estimate of drug-likeness (QED) is 0.521. The number of aromatic nitrogens is 2. The SMILES string of the molecule is Clc1ccc(Oc2nc3sccn3c2CBr)c(Br)c1. The fourth-order valence-electron chi connectivity index (χ4n) is 1.68. The Morgan fingerprint density at radius 2 is 2.26 bits per heavy atom.